The molecule has 0 bridgehead atoms. The van der Waals surface area contributed by atoms with E-state index in [1.54, 1.807) is 30.1 Å². The zero-order valence-corrected chi connectivity index (χ0v) is 15.8. The molecule has 148 valence electrons. The molecule has 3 rings (SSSR count). The van der Waals surface area contributed by atoms with Crippen LogP contribution in [0.1, 0.15) is 20.8 Å². The fraction of sp³-hybridized carbons (Fsp3) is 0.263. The van der Waals surface area contributed by atoms with Crippen LogP contribution in [0.3, 0.4) is 0 Å². The normalized spacial score (nSPS) is 12.8. The molecule has 0 saturated carbocycles. The van der Waals surface area contributed by atoms with Gasteiger partial charge in [-0.3, -0.25) is 9.48 Å². The lowest BCUT2D eigenvalue weighted by Gasteiger charge is -2.19. The summed E-state index contributed by atoms with van der Waals surface area (Å²) in [5.74, 6) is -0.363. The molecule has 0 radical (unpaired) electrons. The summed E-state index contributed by atoms with van der Waals surface area (Å²) in [5, 5.41) is 6.84. The Balaban J connectivity index is 1.73. The van der Waals surface area contributed by atoms with Gasteiger partial charge >= 0.3 is 6.18 Å². The topological polar surface area (TPSA) is 72.9 Å². The molecule has 2 heterocycles. The average molecular weight is 408 g/mol. The number of carbonyl (C=O) groups excluding carboxylic acids is 1. The number of hydrogen-bond donors (Lipinski definition) is 2. The van der Waals surface area contributed by atoms with Crippen molar-refractivity contribution in [1.29, 1.82) is 0 Å². The van der Waals surface area contributed by atoms with Gasteiger partial charge in [-0.05, 0) is 36.2 Å². The minimum Gasteiger partial charge on any atom is -0.347 e. The van der Waals surface area contributed by atoms with Gasteiger partial charge in [-0.25, -0.2) is 0 Å². The molecule has 0 spiro atoms. The number of aromatic nitrogens is 2. The Morgan fingerprint density at radius 3 is 2.64 bits per heavy atom. The maximum Gasteiger partial charge on any atom is 0.416 e. The molecule has 0 fully saturated rings. The van der Waals surface area contributed by atoms with Gasteiger partial charge in [0.2, 0.25) is 0 Å². The van der Waals surface area contributed by atoms with E-state index in [1.165, 1.54) is 23.5 Å². The number of amides is 1. The summed E-state index contributed by atoms with van der Waals surface area (Å²) in [4.78, 5) is 13.9. The zero-order valence-electron chi connectivity index (χ0n) is 15.0. The number of benzene rings is 1. The van der Waals surface area contributed by atoms with E-state index in [1.807, 2.05) is 12.1 Å². The molecule has 5 nitrogen and oxygen atoms in total. The molecule has 2 aromatic heterocycles. The number of hydrogen-bond acceptors (Lipinski definition) is 4. The largest absolute Gasteiger partial charge is 0.416 e. The van der Waals surface area contributed by atoms with E-state index >= 15 is 0 Å². The fourth-order valence-corrected chi connectivity index (χ4v) is 3.87. The smallest absolute Gasteiger partial charge is 0.347 e. The number of halogens is 3. The number of aryl methyl sites for hydroxylation is 1. The van der Waals surface area contributed by atoms with E-state index in [2.05, 4.69) is 10.4 Å². The third kappa shape index (κ3) is 4.42. The van der Waals surface area contributed by atoms with Crippen molar-refractivity contribution in [3.05, 3.63) is 64.7 Å². The van der Waals surface area contributed by atoms with Crippen LogP contribution in [0.15, 0.2) is 48.7 Å². The molecule has 28 heavy (non-hydrogen) atoms. The fourth-order valence-electron chi connectivity index (χ4n) is 2.90. The molecule has 3 aromatic rings. The Morgan fingerprint density at radius 1 is 1.25 bits per heavy atom. The first-order valence-electron chi connectivity index (χ1n) is 8.54. The number of alkyl halides is 3. The summed E-state index contributed by atoms with van der Waals surface area (Å²) >= 11 is 1.29. The second-order valence-corrected chi connectivity index (χ2v) is 7.35. The number of nitrogens with zero attached hydrogens (tertiary/aromatic N) is 2. The molecule has 0 unspecified atom stereocenters. The van der Waals surface area contributed by atoms with Crippen molar-refractivity contribution in [2.24, 2.45) is 12.8 Å². The lowest BCUT2D eigenvalue weighted by atomic mass is 9.99. The van der Waals surface area contributed by atoms with Crippen LogP contribution in [-0.2, 0) is 19.6 Å². The van der Waals surface area contributed by atoms with Crippen molar-refractivity contribution < 1.29 is 18.0 Å². The molecular formula is C19H19F3N4OS. The Kier molecular flexibility index (Phi) is 5.85. The molecule has 1 atom stereocenters. The third-order valence-electron chi connectivity index (χ3n) is 4.31. The highest BCUT2D eigenvalue weighted by molar-refractivity contribution is 7.17. The lowest BCUT2D eigenvalue weighted by Crippen LogP contribution is -2.41. The highest BCUT2D eigenvalue weighted by Crippen LogP contribution is 2.32. The number of nitrogens with two attached hydrogens (primary N) is 1. The standard InChI is InChI=1S/C19H19F3N4OS/c1-26-15(8-9-24-26)16-6-7-17(28-16)18(27)25-13(11-23)10-12-4-2-3-5-14(12)19(20,21)22/h2-9,13H,10-11,23H2,1H3,(H,25,27)/t13-/m0/s1. The van der Waals surface area contributed by atoms with E-state index in [0.717, 1.165) is 16.6 Å². The van der Waals surface area contributed by atoms with E-state index in [4.69, 9.17) is 5.73 Å². The van der Waals surface area contributed by atoms with E-state index in [9.17, 15) is 18.0 Å². The van der Waals surface area contributed by atoms with Gasteiger partial charge in [-0.1, -0.05) is 18.2 Å². The van der Waals surface area contributed by atoms with Gasteiger partial charge in [-0.15, -0.1) is 11.3 Å². The van der Waals surface area contributed by atoms with Gasteiger partial charge in [-0.2, -0.15) is 18.3 Å². The quantitative estimate of drug-likeness (QED) is 0.656. The molecule has 1 amide bonds. The number of carbonyl (C=O) groups is 1. The molecule has 9 heteroatoms. The van der Waals surface area contributed by atoms with Crippen molar-refractivity contribution >= 4 is 17.2 Å². The molecule has 0 saturated heterocycles. The second-order valence-electron chi connectivity index (χ2n) is 6.27. The SMILES string of the molecule is Cn1nccc1-c1ccc(C(=O)N[C@H](CN)Cc2ccccc2C(F)(F)F)s1. The summed E-state index contributed by atoms with van der Waals surface area (Å²) in [6, 6.07) is 10.0. The average Bonchev–Trinajstić information content (AvgIpc) is 3.29. The van der Waals surface area contributed by atoms with Gasteiger partial charge in [0, 0.05) is 25.8 Å². The van der Waals surface area contributed by atoms with Gasteiger partial charge in [0.15, 0.2) is 0 Å². The predicted molar refractivity (Wildman–Crippen MR) is 102 cm³/mol. The number of thiophene rings is 1. The summed E-state index contributed by atoms with van der Waals surface area (Å²) in [7, 11) is 1.80. The first-order chi connectivity index (χ1) is 13.3. The monoisotopic (exact) mass is 408 g/mol. The van der Waals surface area contributed by atoms with Gasteiger partial charge in [0.05, 0.1) is 21.0 Å². The van der Waals surface area contributed by atoms with Crippen LogP contribution in [0.5, 0.6) is 0 Å². The molecule has 1 aromatic carbocycles. The Bertz CT molecular complexity index is 964. The van der Waals surface area contributed by atoms with E-state index in [0.29, 0.717) is 4.88 Å². The Labute approximate surface area is 164 Å². The van der Waals surface area contributed by atoms with Gasteiger partial charge in [0.25, 0.3) is 5.91 Å². The van der Waals surface area contributed by atoms with E-state index in [-0.39, 0.29) is 24.4 Å². The van der Waals surface area contributed by atoms with Crippen molar-refractivity contribution in [2.45, 2.75) is 18.6 Å². The second kappa shape index (κ2) is 8.15. The zero-order chi connectivity index (χ0) is 20.3. The molecule has 0 aliphatic heterocycles. The third-order valence-corrected chi connectivity index (χ3v) is 5.42. The lowest BCUT2D eigenvalue weighted by molar-refractivity contribution is -0.138. The van der Waals surface area contributed by atoms with Crippen LogP contribution in [0.4, 0.5) is 13.2 Å². The molecule has 0 aliphatic rings. The van der Waals surface area contributed by atoms with Crippen LogP contribution in [0, 0.1) is 0 Å². The van der Waals surface area contributed by atoms with Crippen molar-refractivity contribution in [1.82, 2.24) is 15.1 Å². The Morgan fingerprint density at radius 2 is 2.00 bits per heavy atom. The van der Waals surface area contributed by atoms with Crippen molar-refractivity contribution in [2.75, 3.05) is 6.54 Å². The van der Waals surface area contributed by atoms with Gasteiger partial charge < -0.3 is 11.1 Å². The summed E-state index contributed by atoms with van der Waals surface area (Å²) < 4.78 is 41.2. The van der Waals surface area contributed by atoms with Crippen LogP contribution in [0.25, 0.3) is 10.6 Å². The Hall–Kier alpha value is -2.65. The minimum atomic E-state index is -4.45. The van der Waals surface area contributed by atoms with Crippen molar-refractivity contribution in [3.8, 4) is 10.6 Å². The van der Waals surface area contributed by atoms with E-state index < -0.39 is 17.8 Å². The first-order valence-corrected chi connectivity index (χ1v) is 9.35. The van der Waals surface area contributed by atoms with Crippen molar-refractivity contribution in [3.63, 3.8) is 0 Å². The maximum atomic E-state index is 13.2. The maximum absolute atomic E-state index is 13.2. The molecular weight excluding hydrogens is 389 g/mol. The van der Waals surface area contributed by atoms with Crippen LogP contribution in [0.2, 0.25) is 0 Å². The predicted octanol–water partition coefficient (Wildman–Crippen LogP) is 3.47. The van der Waals surface area contributed by atoms with Gasteiger partial charge in [0.1, 0.15) is 0 Å². The molecule has 3 N–H and O–H groups in total. The van der Waals surface area contributed by atoms with Crippen LogP contribution < -0.4 is 11.1 Å². The highest BCUT2D eigenvalue weighted by Gasteiger charge is 2.33. The summed E-state index contributed by atoms with van der Waals surface area (Å²) in [5.41, 5.74) is 5.97. The number of nitrogens with one attached hydrogen (secondary N) is 1. The minimum absolute atomic E-state index is 0.00210. The van der Waals surface area contributed by atoms with Crippen LogP contribution in [-0.4, -0.2) is 28.3 Å². The number of rotatable bonds is 6. The highest BCUT2D eigenvalue weighted by atomic mass is 32.1. The molecule has 0 aliphatic carbocycles. The summed E-state index contributed by atoms with van der Waals surface area (Å²) in [6.07, 6.45) is -2.79. The first kappa shape index (κ1) is 20.1. The summed E-state index contributed by atoms with van der Waals surface area (Å²) in [6.45, 7) is 0.0257. The van der Waals surface area contributed by atoms with Crippen LogP contribution >= 0.6 is 11.3 Å².